The minimum Gasteiger partial charge on any atom is -0.505 e. The normalized spacial score (nSPS) is 11.3. The van der Waals surface area contributed by atoms with E-state index in [1.807, 2.05) is 13.0 Å². The predicted molar refractivity (Wildman–Crippen MR) is 77.1 cm³/mol. The lowest BCUT2D eigenvalue weighted by atomic mass is 10.1. The Kier molecular flexibility index (Phi) is 2.88. The molecule has 2 N–H and O–H groups in total. The zero-order chi connectivity index (χ0) is 13.6. The van der Waals surface area contributed by atoms with Gasteiger partial charge in [0, 0.05) is 4.47 Å². The molecule has 0 unspecified atom stereocenters. The molecule has 0 saturated heterocycles. The first-order valence-corrected chi connectivity index (χ1v) is 6.59. The van der Waals surface area contributed by atoms with Gasteiger partial charge in [0.05, 0.1) is 17.6 Å². The van der Waals surface area contributed by atoms with Crippen LogP contribution in [0.15, 0.2) is 28.7 Å². The number of halogens is 1. The minimum atomic E-state index is -0.0318. The van der Waals surface area contributed by atoms with E-state index in [0.29, 0.717) is 22.1 Å². The van der Waals surface area contributed by atoms with Crippen molar-refractivity contribution in [2.75, 3.05) is 0 Å². The molecule has 3 rings (SSSR count). The summed E-state index contributed by atoms with van der Waals surface area (Å²) in [5, 5.41) is 19.2. The van der Waals surface area contributed by atoms with Crippen molar-refractivity contribution in [3.05, 3.63) is 39.9 Å². The summed E-state index contributed by atoms with van der Waals surface area (Å²) in [6.45, 7) is 1.79. The topological polar surface area (TPSA) is 66.2 Å². The van der Waals surface area contributed by atoms with E-state index in [9.17, 15) is 5.11 Å². The van der Waals surface area contributed by atoms with Crippen molar-refractivity contribution >= 4 is 38.0 Å². The maximum atomic E-state index is 10.1. The van der Waals surface area contributed by atoms with Crippen LogP contribution in [0.2, 0.25) is 0 Å². The molecular weight excluding hydrogens is 308 g/mol. The quantitative estimate of drug-likeness (QED) is 0.677. The standard InChI is InChI=1S/C14H11BrN2O2/c1-7-4-9(15)12-13(14(7)19)16-10-3-2-8(6-18)5-11(10)17-12/h2-5,18-19H,6H2,1H3. The molecule has 0 bridgehead atoms. The molecule has 0 aliphatic carbocycles. The van der Waals surface area contributed by atoms with Gasteiger partial charge in [0.1, 0.15) is 16.8 Å². The summed E-state index contributed by atoms with van der Waals surface area (Å²) in [5.41, 5.74) is 4.02. The van der Waals surface area contributed by atoms with Gasteiger partial charge in [-0.3, -0.25) is 0 Å². The Balaban J connectivity index is 2.44. The summed E-state index contributed by atoms with van der Waals surface area (Å²) in [4.78, 5) is 8.96. The first-order valence-electron chi connectivity index (χ1n) is 5.79. The van der Waals surface area contributed by atoms with E-state index < -0.39 is 0 Å². The Morgan fingerprint density at radius 2 is 1.84 bits per heavy atom. The number of aliphatic hydroxyl groups excluding tert-OH is 1. The molecule has 0 spiro atoms. The molecule has 5 heteroatoms. The van der Waals surface area contributed by atoms with E-state index in [2.05, 4.69) is 25.9 Å². The van der Waals surface area contributed by atoms with E-state index >= 15 is 0 Å². The van der Waals surface area contributed by atoms with Crippen LogP contribution in [0.4, 0.5) is 0 Å². The van der Waals surface area contributed by atoms with E-state index in [0.717, 1.165) is 15.6 Å². The number of benzene rings is 2. The fraction of sp³-hybridized carbons (Fsp3) is 0.143. The van der Waals surface area contributed by atoms with Gasteiger partial charge in [-0.2, -0.15) is 0 Å². The highest BCUT2D eigenvalue weighted by Gasteiger charge is 2.12. The molecule has 0 radical (unpaired) electrons. The van der Waals surface area contributed by atoms with Gasteiger partial charge in [-0.1, -0.05) is 6.07 Å². The summed E-state index contributed by atoms with van der Waals surface area (Å²) in [5.74, 6) is 0.152. The summed E-state index contributed by atoms with van der Waals surface area (Å²) in [6, 6.07) is 7.20. The third-order valence-electron chi connectivity index (χ3n) is 3.08. The van der Waals surface area contributed by atoms with Gasteiger partial charge in [0.25, 0.3) is 0 Å². The monoisotopic (exact) mass is 318 g/mol. The molecule has 0 atom stereocenters. The zero-order valence-electron chi connectivity index (χ0n) is 10.2. The van der Waals surface area contributed by atoms with Crippen molar-refractivity contribution in [2.24, 2.45) is 0 Å². The molecule has 19 heavy (non-hydrogen) atoms. The molecule has 0 aliphatic heterocycles. The predicted octanol–water partition coefficient (Wildman–Crippen LogP) is 3.05. The number of rotatable bonds is 1. The van der Waals surface area contributed by atoms with E-state index in [-0.39, 0.29) is 12.4 Å². The van der Waals surface area contributed by atoms with Crippen molar-refractivity contribution in [3.63, 3.8) is 0 Å². The number of aromatic nitrogens is 2. The van der Waals surface area contributed by atoms with Gasteiger partial charge < -0.3 is 10.2 Å². The lowest BCUT2D eigenvalue weighted by molar-refractivity contribution is 0.282. The van der Waals surface area contributed by atoms with Crippen LogP contribution in [0.25, 0.3) is 22.1 Å². The van der Waals surface area contributed by atoms with Gasteiger partial charge in [0.15, 0.2) is 0 Å². The molecule has 1 aromatic heterocycles. The number of phenolic OH excluding ortho intramolecular Hbond substituents is 1. The second kappa shape index (κ2) is 4.43. The molecule has 0 fully saturated rings. The Hall–Kier alpha value is -1.72. The molecule has 0 aliphatic rings. The van der Waals surface area contributed by atoms with Crippen LogP contribution in [0, 0.1) is 6.92 Å². The molecule has 4 nitrogen and oxygen atoms in total. The fourth-order valence-electron chi connectivity index (χ4n) is 2.04. The molecule has 1 heterocycles. The molecule has 0 saturated carbocycles. The highest BCUT2D eigenvalue weighted by Crippen LogP contribution is 2.33. The van der Waals surface area contributed by atoms with Crippen LogP contribution in [0.3, 0.4) is 0 Å². The van der Waals surface area contributed by atoms with Crippen LogP contribution in [-0.4, -0.2) is 20.2 Å². The number of hydrogen-bond donors (Lipinski definition) is 2. The zero-order valence-corrected chi connectivity index (χ0v) is 11.8. The summed E-state index contributed by atoms with van der Waals surface area (Å²) >= 11 is 3.44. The number of aliphatic hydroxyl groups is 1. The van der Waals surface area contributed by atoms with Crippen molar-refractivity contribution in [1.82, 2.24) is 9.97 Å². The van der Waals surface area contributed by atoms with Crippen molar-refractivity contribution in [2.45, 2.75) is 13.5 Å². The highest BCUT2D eigenvalue weighted by atomic mass is 79.9. The van der Waals surface area contributed by atoms with Gasteiger partial charge in [-0.25, -0.2) is 9.97 Å². The van der Waals surface area contributed by atoms with Gasteiger partial charge in [-0.05, 0) is 52.2 Å². The smallest absolute Gasteiger partial charge is 0.146 e. The Morgan fingerprint density at radius 1 is 1.11 bits per heavy atom. The summed E-state index contributed by atoms with van der Waals surface area (Å²) in [6.07, 6.45) is 0. The van der Waals surface area contributed by atoms with Crippen molar-refractivity contribution in [1.29, 1.82) is 0 Å². The number of hydrogen-bond acceptors (Lipinski definition) is 4. The Morgan fingerprint density at radius 3 is 2.58 bits per heavy atom. The molecule has 2 aromatic carbocycles. The Labute approximate surface area is 117 Å². The maximum absolute atomic E-state index is 10.1. The first-order chi connectivity index (χ1) is 9.10. The van der Waals surface area contributed by atoms with Crippen LogP contribution < -0.4 is 0 Å². The van der Waals surface area contributed by atoms with Gasteiger partial charge in [-0.15, -0.1) is 0 Å². The molecule has 3 aromatic rings. The van der Waals surface area contributed by atoms with Crippen molar-refractivity contribution in [3.8, 4) is 5.75 Å². The largest absolute Gasteiger partial charge is 0.505 e. The molecular formula is C14H11BrN2O2. The second-order valence-corrected chi connectivity index (χ2v) is 5.28. The number of phenols is 1. The van der Waals surface area contributed by atoms with Crippen LogP contribution in [0.5, 0.6) is 5.75 Å². The number of aryl methyl sites for hydroxylation is 1. The van der Waals surface area contributed by atoms with Gasteiger partial charge >= 0.3 is 0 Å². The number of aromatic hydroxyl groups is 1. The summed E-state index contributed by atoms with van der Waals surface area (Å²) < 4.78 is 0.793. The fourth-order valence-corrected chi connectivity index (χ4v) is 2.66. The first kappa shape index (κ1) is 12.3. The van der Waals surface area contributed by atoms with E-state index in [4.69, 9.17) is 5.11 Å². The van der Waals surface area contributed by atoms with Crippen LogP contribution in [-0.2, 0) is 6.61 Å². The van der Waals surface area contributed by atoms with Crippen molar-refractivity contribution < 1.29 is 10.2 Å². The van der Waals surface area contributed by atoms with E-state index in [1.54, 1.807) is 18.2 Å². The number of nitrogens with zero attached hydrogens (tertiary/aromatic N) is 2. The Bertz CT molecular complexity index is 802. The average Bonchev–Trinajstić information content (AvgIpc) is 2.42. The van der Waals surface area contributed by atoms with Crippen LogP contribution in [0.1, 0.15) is 11.1 Å². The third-order valence-corrected chi connectivity index (χ3v) is 3.68. The minimum absolute atomic E-state index is 0.0318. The van der Waals surface area contributed by atoms with Crippen LogP contribution >= 0.6 is 15.9 Å². The third kappa shape index (κ3) is 1.95. The molecule has 96 valence electrons. The lowest BCUT2D eigenvalue weighted by Crippen LogP contribution is -1.92. The average molecular weight is 319 g/mol. The second-order valence-electron chi connectivity index (χ2n) is 4.43. The highest BCUT2D eigenvalue weighted by molar-refractivity contribution is 9.10. The SMILES string of the molecule is Cc1cc(Br)c2nc3cc(CO)ccc3nc2c1O. The maximum Gasteiger partial charge on any atom is 0.146 e. The molecule has 0 amide bonds. The summed E-state index contributed by atoms with van der Waals surface area (Å²) in [7, 11) is 0. The number of fused-ring (bicyclic) bond motifs is 2. The lowest BCUT2D eigenvalue weighted by Gasteiger charge is -2.07. The van der Waals surface area contributed by atoms with Gasteiger partial charge in [0.2, 0.25) is 0 Å². The van der Waals surface area contributed by atoms with E-state index in [1.165, 1.54) is 0 Å².